The third-order valence-corrected chi connectivity index (χ3v) is 4.76. The van der Waals surface area contributed by atoms with Crippen LogP contribution in [0.4, 0.5) is 0 Å². The Labute approximate surface area is 141 Å². The Morgan fingerprint density at radius 1 is 1.25 bits per heavy atom. The summed E-state index contributed by atoms with van der Waals surface area (Å²) in [5.74, 6) is -0.978. The fourth-order valence-corrected chi connectivity index (χ4v) is 2.64. The minimum absolute atomic E-state index is 0.0159. The average Bonchev–Trinajstić information content (AvgIpc) is 2.82. The quantitative estimate of drug-likeness (QED) is 0.742. The first-order chi connectivity index (χ1) is 11.3. The van der Waals surface area contributed by atoms with Crippen molar-refractivity contribution in [2.45, 2.75) is 39.2 Å². The summed E-state index contributed by atoms with van der Waals surface area (Å²) in [6.07, 6.45) is 0.819. The molecule has 24 heavy (non-hydrogen) atoms. The number of hydrogen-bond acceptors (Lipinski definition) is 4. The molecule has 0 aliphatic carbocycles. The van der Waals surface area contributed by atoms with Gasteiger partial charge in [-0.1, -0.05) is 32.4 Å². The second-order valence-electron chi connectivity index (χ2n) is 6.50. The largest absolute Gasteiger partial charge is 0.388 e. The number of carbonyl (C=O) groups excluding carboxylic acids is 3. The molecule has 0 unspecified atom stereocenters. The van der Waals surface area contributed by atoms with Crippen LogP contribution in [-0.2, 0) is 4.79 Å². The Bertz CT molecular complexity index is 619. The highest BCUT2D eigenvalue weighted by Gasteiger charge is 2.35. The lowest BCUT2D eigenvalue weighted by molar-refractivity contribution is -0.122. The fraction of sp³-hybridized carbons (Fsp3) is 0.500. The molecule has 1 aromatic rings. The minimum atomic E-state index is -0.986. The normalized spacial score (nSPS) is 17.4. The molecule has 0 bridgehead atoms. The van der Waals surface area contributed by atoms with Gasteiger partial charge in [0, 0.05) is 19.5 Å². The number of nitrogens with one attached hydrogen (secondary N) is 1. The van der Waals surface area contributed by atoms with E-state index in [2.05, 4.69) is 5.32 Å². The van der Waals surface area contributed by atoms with Crippen molar-refractivity contribution in [3.63, 3.8) is 0 Å². The molecule has 6 nitrogen and oxygen atoms in total. The average molecular weight is 332 g/mol. The number of aliphatic hydroxyl groups is 1. The van der Waals surface area contributed by atoms with Gasteiger partial charge in [-0.15, -0.1) is 0 Å². The third-order valence-electron chi connectivity index (χ3n) is 4.76. The molecule has 2 N–H and O–H groups in total. The smallest absolute Gasteiger partial charge is 0.261 e. The Hall–Kier alpha value is -2.21. The van der Waals surface area contributed by atoms with Gasteiger partial charge >= 0.3 is 0 Å². The van der Waals surface area contributed by atoms with Crippen LogP contribution in [0.1, 0.15) is 54.3 Å². The van der Waals surface area contributed by atoms with Crippen LogP contribution in [-0.4, -0.2) is 46.4 Å². The number of nitrogens with zero attached hydrogens (tertiary/aromatic N) is 1. The summed E-state index contributed by atoms with van der Waals surface area (Å²) in [5, 5.41) is 13.0. The molecule has 1 aliphatic heterocycles. The maximum atomic E-state index is 12.2. The van der Waals surface area contributed by atoms with Crippen LogP contribution in [0.15, 0.2) is 24.3 Å². The third kappa shape index (κ3) is 3.64. The van der Waals surface area contributed by atoms with Crippen molar-refractivity contribution < 1.29 is 19.5 Å². The first-order valence-corrected chi connectivity index (χ1v) is 8.22. The lowest BCUT2D eigenvalue weighted by Crippen LogP contribution is -2.45. The van der Waals surface area contributed by atoms with Gasteiger partial charge in [-0.2, -0.15) is 0 Å². The maximum absolute atomic E-state index is 12.2. The Morgan fingerprint density at radius 2 is 1.79 bits per heavy atom. The van der Waals surface area contributed by atoms with Crippen LogP contribution < -0.4 is 5.32 Å². The standard InChI is InChI=1S/C18H24N2O4/c1-4-12(2)18(3,24)11-19-15(21)9-10-20-16(22)13-7-5-6-8-14(13)17(20)23/h5-8,12,24H,4,9-11H2,1-3H3,(H,19,21)/t12-,18+/m0/s1. The first kappa shape index (κ1) is 18.1. The van der Waals surface area contributed by atoms with E-state index in [0.29, 0.717) is 11.1 Å². The van der Waals surface area contributed by atoms with Gasteiger partial charge in [0.05, 0.1) is 16.7 Å². The van der Waals surface area contributed by atoms with Gasteiger partial charge in [-0.25, -0.2) is 0 Å². The van der Waals surface area contributed by atoms with Gasteiger partial charge in [0.15, 0.2) is 0 Å². The lowest BCUT2D eigenvalue weighted by Gasteiger charge is -2.29. The molecule has 6 heteroatoms. The van der Waals surface area contributed by atoms with Crippen molar-refractivity contribution in [2.24, 2.45) is 5.92 Å². The molecule has 0 saturated carbocycles. The summed E-state index contributed by atoms with van der Waals surface area (Å²) < 4.78 is 0. The number of fused-ring (bicyclic) bond motifs is 1. The monoisotopic (exact) mass is 332 g/mol. The summed E-state index contributed by atoms with van der Waals surface area (Å²) in [7, 11) is 0. The van der Waals surface area contributed by atoms with E-state index in [1.54, 1.807) is 31.2 Å². The second kappa shape index (κ2) is 7.13. The zero-order chi connectivity index (χ0) is 17.9. The molecule has 3 amide bonds. The van der Waals surface area contributed by atoms with Crippen molar-refractivity contribution in [3.05, 3.63) is 35.4 Å². The predicted molar refractivity (Wildman–Crippen MR) is 89.5 cm³/mol. The maximum Gasteiger partial charge on any atom is 0.261 e. The molecule has 0 spiro atoms. The highest BCUT2D eigenvalue weighted by molar-refractivity contribution is 6.21. The molecule has 0 aromatic heterocycles. The van der Waals surface area contributed by atoms with Gasteiger partial charge < -0.3 is 10.4 Å². The summed E-state index contributed by atoms with van der Waals surface area (Å²) in [6.45, 7) is 5.76. The number of carbonyl (C=O) groups is 3. The molecule has 2 atom stereocenters. The number of hydrogen-bond donors (Lipinski definition) is 2. The highest BCUT2D eigenvalue weighted by atomic mass is 16.3. The summed E-state index contributed by atoms with van der Waals surface area (Å²) in [4.78, 5) is 37.5. The number of imide groups is 1. The SMILES string of the molecule is CC[C@H](C)[C@](C)(O)CNC(=O)CCN1C(=O)c2ccccc2C1=O. The zero-order valence-electron chi connectivity index (χ0n) is 14.3. The molecule has 0 fully saturated rings. The van der Waals surface area contributed by atoms with E-state index in [9.17, 15) is 19.5 Å². The lowest BCUT2D eigenvalue weighted by atomic mass is 9.88. The Kier molecular flexibility index (Phi) is 5.39. The molecule has 2 rings (SSSR count). The van der Waals surface area contributed by atoms with Crippen LogP contribution >= 0.6 is 0 Å². The summed E-state index contributed by atoms with van der Waals surface area (Å²) in [5.41, 5.74) is -0.231. The van der Waals surface area contributed by atoms with Gasteiger partial charge in [0.25, 0.3) is 11.8 Å². The van der Waals surface area contributed by atoms with Crippen LogP contribution in [0.5, 0.6) is 0 Å². The van der Waals surface area contributed by atoms with Gasteiger partial charge in [0.2, 0.25) is 5.91 Å². The molecule has 1 aliphatic rings. The fourth-order valence-electron chi connectivity index (χ4n) is 2.64. The van der Waals surface area contributed by atoms with Crippen molar-refractivity contribution in [2.75, 3.05) is 13.1 Å². The van der Waals surface area contributed by atoms with Crippen molar-refractivity contribution in [1.82, 2.24) is 10.2 Å². The van der Waals surface area contributed by atoms with Crippen LogP contribution in [0.25, 0.3) is 0 Å². The van der Waals surface area contributed by atoms with E-state index < -0.39 is 5.60 Å². The van der Waals surface area contributed by atoms with Crippen LogP contribution in [0.3, 0.4) is 0 Å². The minimum Gasteiger partial charge on any atom is -0.388 e. The molecular weight excluding hydrogens is 308 g/mol. The van der Waals surface area contributed by atoms with E-state index in [-0.39, 0.29) is 43.1 Å². The van der Waals surface area contributed by atoms with Crippen LogP contribution in [0, 0.1) is 5.92 Å². The van der Waals surface area contributed by atoms with Crippen molar-refractivity contribution in [3.8, 4) is 0 Å². The molecule has 1 heterocycles. The first-order valence-electron chi connectivity index (χ1n) is 8.22. The number of rotatable bonds is 7. The van der Waals surface area contributed by atoms with E-state index in [0.717, 1.165) is 11.3 Å². The van der Waals surface area contributed by atoms with Gasteiger partial charge in [0.1, 0.15) is 0 Å². The van der Waals surface area contributed by atoms with E-state index in [1.165, 1.54) is 0 Å². The van der Waals surface area contributed by atoms with Crippen molar-refractivity contribution >= 4 is 17.7 Å². The Morgan fingerprint density at radius 3 is 2.29 bits per heavy atom. The summed E-state index contributed by atoms with van der Waals surface area (Å²) >= 11 is 0. The van der Waals surface area contributed by atoms with Crippen molar-refractivity contribution in [1.29, 1.82) is 0 Å². The predicted octanol–water partition coefficient (Wildman–Crippen LogP) is 1.59. The topological polar surface area (TPSA) is 86.7 Å². The summed E-state index contributed by atoms with van der Waals surface area (Å²) in [6, 6.07) is 6.63. The molecule has 0 radical (unpaired) electrons. The molecule has 0 saturated heterocycles. The number of benzene rings is 1. The van der Waals surface area contributed by atoms with E-state index in [4.69, 9.17) is 0 Å². The number of amides is 3. The van der Waals surface area contributed by atoms with E-state index in [1.807, 2.05) is 13.8 Å². The molecular formula is C18H24N2O4. The molecule has 130 valence electrons. The zero-order valence-corrected chi connectivity index (χ0v) is 14.3. The van der Waals surface area contributed by atoms with E-state index >= 15 is 0 Å². The Balaban J connectivity index is 1.87. The van der Waals surface area contributed by atoms with Gasteiger partial charge in [-0.3, -0.25) is 19.3 Å². The second-order valence-corrected chi connectivity index (χ2v) is 6.50. The van der Waals surface area contributed by atoms with Gasteiger partial charge in [-0.05, 0) is 25.0 Å². The van der Waals surface area contributed by atoms with Crippen LogP contribution in [0.2, 0.25) is 0 Å². The highest BCUT2D eigenvalue weighted by Crippen LogP contribution is 2.22. The molecule has 1 aromatic carbocycles.